The molecule has 0 fully saturated rings. The minimum atomic E-state index is -4.60. The van der Waals surface area contributed by atoms with E-state index in [2.05, 4.69) is 25.9 Å². The lowest BCUT2D eigenvalue weighted by atomic mass is 10.3. The van der Waals surface area contributed by atoms with Gasteiger partial charge in [0.25, 0.3) is 0 Å². The maximum absolute atomic E-state index is 13.1. The maximum Gasteiger partial charge on any atom is 0.421 e. The number of rotatable bonds is 6. The van der Waals surface area contributed by atoms with E-state index in [9.17, 15) is 18.0 Å². The van der Waals surface area contributed by atoms with E-state index in [-0.39, 0.29) is 30.8 Å². The van der Waals surface area contributed by atoms with Crippen molar-refractivity contribution in [3.8, 4) is 0 Å². The van der Waals surface area contributed by atoms with E-state index < -0.39 is 11.7 Å². The van der Waals surface area contributed by atoms with Gasteiger partial charge in [-0.1, -0.05) is 0 Å². The normalized spacial score (nSPS) is 11.0. The number of hydrogen-bond donors (Lipinski definition) is 4. The van der Waals surface area contributed by atoms with E-state index >= 15 is 0 Å². The van der Waals surface area contributed by atoms with Crippen LogP contribution in [0.15, 0.2) is 30.5 Å². The third-order valence-electron chi connectivity index (χ3n) is 3.05. The highest BCUT2D eigenvalue weighted by Gasteiger charge is 2.35. The van der Waals surface area contributed by atoms with Crippen LogP contribution in [0.1, 0.15) is 12.5 Å². The van der Waals surface area contributed by atoms with E-state index in [1.54, 1.807) is 24.3 Å². The summed E-state index contributed by atoms with van der Waals surface area (Å²) in [6, 6.07) is 6.58. The highest BCUT2D eigenvalue weighted by Crippen LogP contribution is 2.34. The molecule has 0 saturated carbocycles. The second kappa shape index (κ2) is 7.69. The number of aromatic nitrogens is 2. The Hall–Kier alpha value is -3.04. The van der Waals surface area contributed by atoms with E-state index in [1.165, 1.54) is 6.92 Å². The first-order chi connectivity index (χ1) is 11.8. The van der Waals surface area contributed by atoms with Gasteiger partial charge in [-0.05, 0) is 24.3 Å². The molecule has 1 heterocycles. The molecule has 1 aromatic carbocycles. The van der Waals surface area contributed by atoms with Crippen LogP contribution in [-0.2, 0) is 11.0 Å². The van der Waals surface area contributed by atoms with Crippen molar-refractivity contribution in [1.29, 1.82) is 0 Å². The number of nitrogens with one attached hydrogen (secondary N) is 3. The molecule has 2 aromatic rings. The first kappa shape index (κ1) is 18.3. The molecule has 10 heteroatoms. The van der Waals surface area contributed by atoms with Gasteiger partial charge in [-0.15, -0.1) is 0 Å². The fourth-order valence-electron chi connectivity index (χ4n) is 1.90. The first-order valence-electron chi connectivity index (χ1n) is 7.31. The number of nitrogen functional groups attached to an aromatic ring is 1. The zero-order valence-electron chi connectivity index (χ0n) is 13.3. The van der Waals surface area contributed by atoms with Crippen LogP contribution in [-0.4, -0.2) is 29.0 Å². The van der Waals surface area contributed by atoms with Crippen molar-refractivity contribution in [3.05, 3.63) is 36.0 Å². The molecule has 0 aliphatic heterocycles. The standard InChI is InChI=1S/C15H17F3N6O/c1-9(25)20-6-7-21-13-12(15(16,17)18)8-22-14(24-13)23-11-4-2-10(19)3-5-11/h2-5,8H,6-7,19H2,1H3,(H,20,25)(H2,21,22,23,24). The van der Waals surface area contributed by atoms with E-state index in [1.807, 2.05) is 0 Å². The summed E-state index contributed by atoms with van der Waals surface area (Å²) in [6.45, 7) is 1.57. The molecule has 134 valence electrons. The highest BCUT2D eigenvalue weighted by atomic mass is 19.4. The SMILES string of the molecule is CC(=O)NCCNc1nc(Nc2ccc(N)cc2)ncc1C(F)(F)F. The van der Waals surface area contributed by atoms with Crippen molar-refractivity contribution in [2.45, 2.75) is 13.1 Å². The molecule has 0 spiro atoms. The quantitative estimate of drug-likeness (QED) is 0.469. The van der Waals surface area contributed by atoms with E-state index in [0.29, 0.717) is 17.6 Å². The summed E-state index contributed by atoms with van der Waals surface area (Å²) in [5.41, 5.74) is 5.73. The Kier molecular flexibility index (Phi) is 5.63. The number of hydrogen-bond acceptors (Lipinski definition) is 6. The molecular weight excluding hydrogens is 337 g/mol. The van der Waals surface area contributed by atoms with Crippen molar-refractivity contribution >= 4 is 29.0 Å². The third-order valence-corrected chi connectivity index (χ3v) is 3.05. The second-order valence-electron chi connectivity index (χ2n) is 5.11. The molecule has 0 atom stereocenters. The van der Waals surface area contributed by atoms with Gasteiger partial charge in [-0.2, -0.15) is 18.2 Å². The molecular formula is C15H17F3N6O. The van der Waals surface area contributed by atoms with Crippen molar-refractivity contribution in [1.82, 2.24) is 15.3 Å². The second-order valence-corrected chi connectivity index (χ2v) is 5.11. The largest absolute Gasteiger partial charge is 0.421 e. The molecule has 0 aliphatic carbocycles. The number of halogens is 3. The molecule has 1 amide bonds. The summed E-state index contributed by atoms with van der Waals surface area (Å²) in [5.74, 6) is -0.642. The van der Waals surface area contributed by atoms with Gasteiger partial charge in [0.15, 0.2) is 0 Å². The van der Waals surface area contributed by atoms with E-state index in [0.717, 1.165) is 0 Å². The van der Waals surface area contributed by atoms with Crippen molar-refractivity contribution < 1.29 is 18.0 Å². The summed E-state index contributed by atoms with van der Waals surface area (Å²) in [6.07, 6.45) is -3.90. The van der Waals surface area contributed by atoms with Gasteiger partial charge in [-0.3, -0.25) is 4.79 Å². The Morgan fingerprint density at radius 3 is 2.48 bits per heavy atom. The van der Waals surface area contributed by atoms with Crippen molar-refractivity contribution in [3.63, 3.8) is 0 Å². The van der Waals surface area contributed by atoms with Crippen LogP contribution in [0.2, 0.25) is 0 Å². The third kappa shape index (κ3) is 5.52. The zero-order valence-corrected chi connectivity index (χ0v) is 13.3. The van der Waals surface area contributed by atoms with Gasteiger partial charge in [0.2, 0.25) is 11.9 Å². The molecule has 0 radical (unpaired) electrons. The van der Waals surface area contributed by atoms with Gasteiger partial charge in [0.05, 0.1) is 0 Å². The van der Waals surface area contributed by atoms with Crippen molar-refractivity contribution in [2.24, 2.45) is 0 Å². The van der Waals surface area contributed by atoms with Gasteiger partial charge >= 0.3 is 6.18 Å². The predicted molar refractivity (Wildman–Crippen MR) is 88.3 cm³/mol. The van der Waals surface area contributed by atoms with Gasteiger partial charge in [-0.25, -0.2) is 4.98 Å². The van der Waals surface area contributed by atoms with Crippen LogP contribution in [0.4, 0.5) is 36.3 Å². The molecule has 0 saturated heterocycles. The molecule has 0 unspecified atom stereocenters. The number of alkyl halides is 3. The number of benzene rings is 1. The summed E-state index contributed by atoms with van der Waals surface area (Å²) < 4.78 is 39.2. The Morgan fingerprint density at radius 2 is 1.88 bits per heavy atom. The summed E-state index contributed by atoms with van der Waals surface area (Å²) >= 11 is 0. The van der Waals surface area contributed by atoms with Gasteiger partial charge < -0.3 is 21.7 Å². The lowest BCUT2D eigenvalue weighted by Crippen LogP contribution is -2.27. The number of amides is 1. The number of carbonyl (C=O) groups excluding carboxylic acids is 1. The molecule has 1 aromatic heterocycles. The zero-order chi connectivity index (χ0) is 18.4. The monoisotopic (exact) mass is 354 g/mol. The summed E-state index contributed by atoms with van der Waals surface area (Å²) in [5, 5.41) is 7.85. The molecule has 0 aliphatic rings. The minimum absolute atomic E-state index is 0.000187. The highest BCUT2D eigenvalue weighted by molar-refractivity contribution is 5.72. The van der Waals surface area contributed by atoms with Crippen LogP contribution >= 0.6 is 0 Å². The first-order valence-corrected chi connectivity index (χ1v) is 7.31. The van der Waals surface area contributed by atoms with Crippen LogP contribution < -0.4 is 21.7 Å². The number of carbonyl (C=O) groups is 1. The minimum Gasteiger partial charge on any atom is -0.399 e. The fraction of sp³-hybridized carbons (Fsp3) is 0.267. The Labute approximate surface area is 141 Å². The van der Waals surface area contributed by atoms with Gasteiger partial charge in [0.1, 0.15) is 11.4 Å². The number of nitrogens with two attached hydrogens (primary N) is 1. The smallest absolute Gasteiger partial charge is 0.399 e. The predicted octanol–water partition coefficient (Wildman–Crippen LogP) is 2.37. The Bertz CT molecular complexity index is 733. The molecule has 25 heavy (non-hydrogen) atoms. The Balaban J connectivity index is 2.17. The summed E-state index contributed by atoms with van der Waals surface area (Å²) in [7, 11) is 0. The summed E-state index contributed by atoms with van der Waals surface area (Å²) in [4.78, 5) is 18.4. The van der Waals surface area contributed by atoms with Crippen LogP contribution in [0.5, 0.6) is 0 Å². The van der Waals surface area contributed by atoms with Crippen LogP contribution in [0, 0.1) is 0 Å². The van der Waals surface area contributed by atoms with Crippen LogP contribution in [0.3, 0.4) is 0 Å². The van der Waals surface area contributed by atoms with E-state index in [4.69, 9.17) is 5.73 Å². The molecule has 2 rings (SSSR count). The maximum atomic E-state index is 13.1. The lowest BCUT2D eigenvalue weighted by molar-refractivity contribution is -0.137. The molecule has 0 bridgehead atoms. The topological polar surface area (TPSA) is 105 Å². The number of anilines is 4. The Morgan fingerprint density at radius 1 is 1.20 bits per heavy atom. The fourth-order valence-corrected chi connectivity index (χ4v) is 1.90. The van der Waals surface area contributed by atoms with Gasteiger partial charge in [0, 0.05) is 37.6 Å². The molecule has 5 N–H and O–H groups in total. The average Bonchev–Trinajstić information content (AvgIpc) is 2.53. The lowest BCUT2D eigenvalue weighted by Gasteiger charge is -2.15. The average molecular weight is 354 g/mol. The molecule has 7 nitrogen and oxygen atoms in total. The van der Waals surface area contributed by atoms with Crippen molar-refractivity contribution in [2.75, 3.05) is 29.5 Å². The van der Waals surface area contributed by atoms with Crippen LogP contribution in [0.25, 0.3) is 0 Å². The number of nitrogens with zero attached hydrogens (tertiary/aromatic N) is 2.